The molecular weight excluding hydrogens is 841 g/mol. The Morgan fingerprint density at radius 1 is 0.304 bits per heavy atom. The second-order valence-electron chi connectivity index (χ2n) is 17.8. The summed E-state index contributed by atoms with van der Waals surface area (Å²) < 4.78 is 2.28. The number of H-pyrrole nitrogens is 2. The van der Waals surface area contributed by atoms with Crippen LogP contribution in [0, 0.1) is 0 Å². The van der Waals surface area contributed by atoms with E-state index in [9.17, 15) is 0 Å². The van der Waals surface area contributed by atoms with Gasteiger partial charge in [0.25, 0.3) is 0 Å². The van der Waals surface area contributed by atoms with E-state index in [4.69, 9.17) is 15.0 Å². The van der Waals surface area contributed by atoms with Gasteiger partial charge < -0.3 is 9.97 Å². The van der Waals surface area contributed by atoms with Crippen LogP contribution in [0.2, 0.25) is 0 Å². The molecule has 0 amide bonds. The highest BCUT2D eigenvalue weighted by atomic mass is 15.1. The first-order chi connectivity index (χ1) is 34.2. The van der Waals surface area contributed by atoms with Gasteiger partial charge in [0.1, 0.15) is 17.5 Å². The number of hydrogen-bond donors (Lipinski definition) is 2. The highest BCUT2D eigenvalue weighted by molar-refractivity contribution is 6.23. The van der Waals surface area contributed by atoms with Gasteiger partial charge >= 0.3 is 0 Å². The monoisotopic (exact) mass is 880 g/mol. The molecule has 322 valence electrons. The van der Waals surface area contributed by atoms with Crippen LogP contribution < -0.4 is 0 Å². The molecule has 0 aliphatic rings. The summed E-state index contributed by atoms with van der Waals surface area (Å²) >= 11 is 0. The fourth-order valence-electron chi connectivity index (χ4n) is 10.4. The number of nitrogens with one attached hydrogen (secondary N) is 2. The minimum absolute atomic E-state index is 0.844. The zero-order valence-electron chi connectivity index (χ0n) is 37.2. The SMILES string of the molecule is c1ccc(-c2nc3ccccc3n2-c2ccc(-c3c4ccc(-c5nc6ccccc6[nH]5)cc4c(-c4ccc5ccccc5c4)c4ccc(-c5ccc(-c6nc7ccccc7[nH]6)cc5)cc34)cc2)cc1. The Morgan fingerprint density at radius 2 is 0.826 bits per heavy atom. The molecule has 14 rings (SSSR count). The molecule has 11 aromatic carbocycles. The first-order valence-corrected chi connectivity index (χ1v) is 23.3. The summed E-state index contributed by atoms with van der Waals surface area (Å²) in [5.41, 5.74) is 17.1. The van der Waals surface area contributed by atoms with Crippen LogP contribution in [0.3, 0.4) is 0 Å². The molecule has 0 saturated carbocycles. The summed E-state index contributed by atoms with van der Waals surface area (Å²) in [6, 6.07) is 82.4. The van der Waals surface area contributed by atoms with E-state index in [1.54, 1.807) is 0 Å². The van der Waals surface area contributed by atoms with Crippen molar-refractivity contribution in [2.24, 2.45) is 0 Å². The average molecular weight is 881 g/mol. The van der Waals surface area contributed by atoms with Crippen LogP contribution in [0.4, 0.5) is 0 Å². The fraction of sp³-hybridized carbons (Fsp3) is 0. The topological polar surface area (TPSA) is 75.2 Å². The highest BCUT2D eigenvalue weighted by Gasteiger charge is 2.21. The maximum atomic E-state index is 5.15. The summed E-state index contributed by atoms with van der Waals surface area (Å²) in [5.74, 6) is 2.62. The van der Waals surface area contributed by atoms with Crippen molar-refractivity contribution in [3.63, 3.8) is 0 Å². The van der Waals surface area contributed by atoms with E-state index in [1.807, 2.05) is 36.4 Å². The lowest BCUT2D eigenvalue weighted by molar-refractivity contribution is 1.10. The molecule has 0 spiro atoms. The van der Waals surface area contributed by atoms with Crippen LogP contribution in [0.15, 0.2) is 231 Å². The van der Waals surface area contributed by atoms with Crippen molar-refractivity contribution in [2.45, 2.75) is 0 Å². The highest BCUT2D eigenvalue weighted by Crippen LogP contribution is 2.47. The van der Waals surface area contributed by atoms with Gasteiger partial charge in [-0.1, -0.05) is 164 Å². The van der Waals surface area contributed by atoms with Crippen molar-refractivity contribution in [2.75, 3.05) is 0 Å². The third kappa shape index (κ3) is 6.53. The van der Waals surface area contributed by atoms with E-state index in [1.165, 1.54) is 32.7 Å². The van der Waals surface area contributed by atoms with Crippen LogP contribution in [-0.4, -0.2) is 29.5 Å². The van der Waals surface area contributed by atoms with Gasteiger partial charge in [0, 0.05) is 22.4 Å². The number of nitrogens with zero attached hydrogens (tertiary/aromatic N) is 4. The molecule has 2 N–H and O–H groups in total. The maximum Gasteiger partial charge on any atom is 0.145 e. The van der Waals surface area contributed by atoms with Gasteiger partial charge in [-0.25, -0.2) is 15.0 Å². The minimum Gasteiger partial charge on any atom is -0.338 e. The van der Waals surface area contributed by atoms with Gasteiger partial charge in [0.2, 0.25) is 0 Å². The number of fused-ring (bicyclic) bond motifs is 6. The molecule has 69 heavy (non-hydrogen) atoms. The Hall–Kier alpha value is -9.39. The molecule has 0 radical (unpaired) electrons. The normalized spacial score (nSPS) is 11.8. The van der Waals surface area contributed by atoms with Gasteiger partial charge in [0.05, 0.1) is 33.1 Å². The molecular formula is C63H40N6. The molecule has 0 bridgehead atoms. The van der Waals surface area contributed by atoms with Gasteiger partial charge in [0.15, 0.2) is 0 Å². The molecule has 0 aliphatic carbocycles. The quantitative estimate of drug-likeness (QED) is 0.157. The number of rotatable bonds is 7. The van der Waals surface area contributed by atoms with E-state index in [2.05, 4.69) is 209 Å². The first-order valence-electron chi connectivity index (χ1n) is 23.3. The lowest BCUT2D eigenvalue weighted by Gasteiger charge is -2.20. The molecule has 0 saturated heterocycles. The zero-order chi connectivity index (χ0) is 45.4. The molecule has 3 heterocycles. The Labute approximate surface area is 396 Å². The first kappa shape index (κ1) is 38.8. The van der Waals surface area contributed by atoms with Crippen LogP contribution in [-0.2, 0) is 0 Å². The molecule has 0 fully saturated rings. The summed E-state index contributed by atoms with van der Waals surface area (Å²) in [5, 5.41) is 7.08. The van der Waals surface area contributed by atoms with E-state index in [-0.39, 0.29) is 0 Å². The summed E-state index contributed by atoms with van der Waals surface area (Å²) in [7, 11) is 0. The molecule has 6 nitrogen and oxygen atoms in total. The van der Waals surface area contributed by atoms with Crippen molar-refractivity contribution >= 4 is 65.4 Å². The predicted octanol–water partition coefficient (Wildman–Crippen LogP) is 16.2. The van der Waals surface area contributed by atoms with Gasteiger partial charge in [-0.05, 0) is 132 Å². The fourth-order valence-corrected chi connectivity index (χ4v) is 10.4. The second kappa shape index (κ2) is 15.6. The number of aromatic nitrogens is 6. The third-order valence-corrected chi connectivity index (χ3v) is 13.7. The summed E-state index contributed by atoms with van der Waals surface area (Å²) in [6.45, 7) is 0. The Morgan fingerprint density at radius 3 is 1.54 bits per heavy atom. The lowest BCUT2D eigenvalue weighted by Crippen LogP contribution is -1.98. The molecule has 0 atom stereocenters. The molecule has 14 aromatic rings. The zero-order valence-corrected chi connectivity index (χ0v) is 37.2. The van der Waals surface area contributed by atoms with Crippen LogP contribution in [0.5, 0.6) is 0 Å². The molecule has 3 aromatic heterocycles. The standard InChI is InChI=1S/C63H40N6/c1-2-13-43(14-3-1)63-68-57-20-10-11-21-58(57)69(63)48-32-28-41(29-33-48)59-49-35-31-47(62-66-55-18-8-9-19-56(55)67-62)38-52(49)60(46-27-24-39-12-4-5-15-44(39)36-46)50-34-30-45(37-51(50)59)40-22-25-42(26-23-40)61-64-53-16-6-7-17-54(53)65-61/h1-38H,(H,64,65)(H,66,67). The Balaban J connectivity index is 1.00. The number of para-hydroxylation sites is 6. The lowest BCUT2D eigenvalue weighted by atomic mass is 9.84. The van der Waals surface area contributed by atoms with E-state index >= 15 is 0 Å². The number of aromatic amines is 2. The average Bonchev–Trinajstić information content (AvgIpc) is 4.16. The van der Waals surface area contributed by atoms with Gasteiger partial charge in [-0.3, -0.25) is 4.57 Å². The van der Waals surface area contributed by atoms with E-state index < -0.39 is 0 Å². The van der Waals surface area contributed by atoms with Crippen molar-refractivity contribution in [1.29, 1.82) is 0 Å². The summed E-state index contributed by atoms with van der Waals surface area (Å²) in [6.07, 6.45) is 0. The van der Waals surface area contributed by atoms with E-state index in [0.717, 1.165) is 106 Å². The molecule has 0 aliphatic heterocycles. The Kier molecular flexibility index (Phi) is 8.79. The Bertz CT molecular complexity index is 4230. The third-order valence-electron chi connectivity index (χ3n) is 13.7. The number of hydrogen-bond acceptors (Lipinski definition) is 3. The largest absolute Gasteiger partial charge is 0.338 e. The second-order valence-corrected chi connectivity index (χ2v) is 17.8. The number of imidazole rings is 3. The molecule has 6 heteroatoms. The summed E-state index contributed by atoms with van der Waals surface area (Å²) in [4.78, 5) is 22.2. The van der Waals surface area contributed by atoms with Crippen LogP contribution >= 0.6 is 0 Å². The van der Waals surface area contributed by atoms with Crippen LogP contribution in [0.1, 0.15) is 0 Å². The van der Waals surface area contributed by atoms with Gasteiger partial charge in [-0.2, -0.15) is 0 Å². The maximum absolute atomic E-state index is 5.15. The smallest absolute Gasteiger partial charge is 0.145 e. The molecule has 0 unspecified atom stereocenters. The minimum atomic E-state index is 0.844. The van der Waals surface area contributed by atoms with Gasteiger partial charge in [-0.15, -0.1) is 0 Å². The van der Waals surface area contributed by atoms with Crippen LogP contribution in [0.25, 0.3) is 139 Å². The number of benzene rings is 11. The van der Waals surface area contributed by atoms with Crippen molar-refractivity contribution in [3.05, 3.63) is 231 Å². The van der Waals surface area contributed by atoms with Crippen molar-refractivity contribution < 1.29 is 0 Å². The van der Waals surface area contributed by atoms with E-state index in [0.29, 0.717) is 0 Å². The predicted molar refractivity (Wildman–Crippen MR) is 286 cm³/mol. The van der Waals surface area contributed by atoms with Crippen molar-refractivity contribution in [3.8, 4) is 73.2 Å². The van der Waals surface area contributed by atoms with Crippen molar-refractivity contribution in [1.82, 2.24) is 29.5 Å².